The first-order valence-electron chi connectivity index (χ1n) is 9.07. The summed E-state index contributed by atoms with van der Waals surface area (Å²) in [5.41, 5.74) is 5.75. The molecular formula is C21H23N5S. The zero-order valence-corrected chi connectivity index (χ0v) is 16.6. The van der Waals surface area contributed by atoms with E-state index in [1.807, 2.05) is 42.7 Å². The summed E-state index contributed by atoms with van der Waals surface area (Å²) >= 11 is 5.73. The van der Waals surface area contributed by atoms with Gasteiger partial charge in [0.05, 0.1) is 30.0 Å². The van der Waals surface area contributed by atoms with E-state index in [1.54, 1.807) is 0 Å². The van der Waals surface area contributed by atoms with Crippen LogP contribution in [0.3, 0.4) is 0 Å². The van der Waals surface area contributed by atoms with Crippen molar-refractivity contribution < 1.29 is 0 Å². The lowest BCUT2D eigenvalue weighted by Gasteiger charge is -2.27. The molecule has 4 rings (SSSR count). The first-order chi connectivity index (χ1) is 13.1. The Bertz CT molecular complexity index is 951. The maximum absolute atomic E-state index is 5.73. The molecule has 1 fully saturated rings. The summed E-state index contributed by atoms with van der Waals surface area (Å²) in [5.74, 6) is 0. The Kier molecular flexibility index (Phi) is 4.66. The van der Waals surface area contributed by atoms with Crippen LogP contribution in [0.1, 0.15) is 40.4 Å². The van der Waals surface area contributed by atoms with E-state index in [2.05, 4.69) is 57.8 Å². The molecule has 27 heavy (non-hydrogen) atoms. The van der Waals surface area contributed by atoms with Crippen LogP contribution in [0.4, 0.5) is 0 Å². The van der Waals surface area contributed by atoms with Gasteiger partial charge in [-0.1, -0.05) is 12.1 Å². The molecule has 1 aliphatic rings. The van der Waals surface area contributed by atoms with Crippen LogP contribution in [0.2, 0.25) is 0 Å². The van der Waals surface area contributed by atoms with Crippen LogP contribution in [-0.4, -0.2) is 24.5 Å². The van der Waals surface area contributed by atoms with Crippen LogP contribution in [0, 0.1) is 13.8 Å². The minimum Gasteiger partial charge on any atom is -0.352 e. The van der Waals surface area contributed by atoms with Crippen molar-refractivity contribution in [3.05, 3.63) is 83.2 Å². The van der Waals surface area contributed by atoms with E-state index in [4.69, 9.17) is 12.2 Å². The van der Waals surface area contributed by atoms with Crippen molar-refractivity contribution >= 4 is 17.3 Å². The van der Waals surface area contributed by atoms with Gasteiger partial charge in [0, 0.05) is 30.8 Å². The van der Waals surface area contributed by atoms with Gasteiger partial charge >= 0.3 is 0 Å². The number of pyridine rings is 2. The molecule has 0 bridgehead atoms. The summed E-state index contributed by atoms with van der Waals surface area (Å²) in [4.78, 5) is 11.3. The van der Waals surface area contributed by atoms with Gasteiger partial charge in [-0.15, -0.1) is 0 Å². The average molecular weight is 378 g/mol. The predicted octanol–water partition coefficient (Wildman–Crippen LogP) is 3.60. The Morgan fingerprint density at radius 1 is 1.07 bits per heavy atom. The number of thiocarbonyl (C=S) groups is 1. The third-order valence-electron chi connectivity index (χ3n) is 5.39. The van der Waals surface area contributed by atoms with Gasteiger partial charge in [0.2, 0.25) is 0 Å². The first-order valence-corrected chi connectivity index (χ1v) is 9.48. The highest BCUT2D eigenvalue weighted by molar-refractivity contribution is 7.80. The Morgan fingerprint density at radius 3 is 2.41 bits per heavy atom. The standard InChI is InChI=1S/C21H23N5S/c1-14-12-17(15(2)25(14)3)20-19(18-9-5-7-11-23-18)24-21(27)26(20)13-16-8-4-6-10-22-16/h4-12,19-20H,13H2,1-3H3,(H,24,27)/t19-,20+/m1/s1. The van der Waals surface area contributed by atoms with Crippen molar-refractivity contribution in [3.63, 3.8) is 0 Å². The van der Waals surface area contributed by atoms with Crippen LogP contribution in [0.5, 0.6) is 0 Å². The van der Waals surface area contributed by atoms with E-state index in [0.29, 0.717) is 6.54 Å². The van der Waals surface area contributed by atoms with Crippen molar-refractivity contribution in [3.8, 4) is 0 Å². The largest absolute Gasteiger partial charge is 0.352 e. The summed E-state index contributed by atoms with van der Waals surface area (Å²) in [6.07, 6.45) is 3.66. The van der Waals surface area contributed by atoms with E-state index >= 15 is 0 Å². The molecule has 3 aromatic rings. The number of hydrogen-bond donors (Lipinski definition) is 1. The molecule has 0 unspecified atom stereocenters. The molecule has 1 aliphatic heterocycles. The molecule has 0 aromatic carbocycles. The maximum Gasteiger partial charge on any atom is 0.170 e. The average Bonchev–Trinajstić information content (AvgIpc) is 3.14. The molecule has 1 saturated heterocycles. The number of aryl methyl sites for hydroxylation is 1. The monoisotopic (exact) mass is 377 g/mol. The summed E-state index contributed by atoms with van der Waals surface area (Å²) in [6.45, 7) is 4.96. The Balaban J connectivity index is 1.79. The number of rotatable bonds is 4. The fourth-order valence-electron chi connectivity index (χ4n) is 3.76. The minimum atomic E-state index is 0.00270. The van der Waals surface area contributed by atoms with Gasteiger partial charge in [-0.2, -0.15) is 0 Å². The van der Waals surface area contributed by atoms with Gasteiger partial charge in [0.25, 0.3) is 0 Å². The smallest absolute Gasteiger partial charge is 0.170 e. The van der Waals surface area contributed by atoms with Crippen LogP contribution in [0.25, 0.3) is 0 Å². The van der Waals surface area contributed by atoms with Crippen LogP contribution in [0.15, 0.2) is 54.9 Å². The van der Waals surface area contributed by atoms with Crippen molar-refractivity contribution in [1.29, 1.82) is 0 Å². The first kappa shape index (κ1) is 17.7. The second-order valence-electron chi connectivity index (χ2n) is 6.96. The van der Waals surface area contributed by atoms with Gasteiger partial charge in [-0.25, -0.2) is 0 Å². The van der Waals surface area contributed by atoms with Gasteiger partial charge < -0.3 is 14.8 Å². The Labute approximate surface area is 165 Å². The molecule has 0 saturated carbocycles. The normalized spacial score (nSPS) is 19.4. The maximum atomic E-state index is 5.73. The molecule has 5 nitrogen and oxygen atoms in total. The van der Waals surface area contributed by atoms with Crippen molar-refractivity contribution in [2.75, 3.05) is 0 Å². The van der Waals surface area contributed by atoms with Crippen LogP contribution in [-0.2, 0) is 13.6 Å². The third-order valence-corrected chi connectivity index (χ3v) is 5.74. The van der Waals surface area contributed by atoms with E-state index in [1.165, 1.54) is 17.0 Å². The Hall–Kier alpha value is -2.73. The number of nitrogens with one attached hydrogen (secondary N) is 1. The van der Waals surface area contributed by atoms with E-state index in [-0.39, 0.29) is 12.1 Å². The Morgan fingerprint density at radius 2 is 1.81 bits per heavy atom. The quantitative estimate of drug-likeness (QED) is 0.704. The number of aromatic nitrogens is 3. The van der Waals surface area contributed by atoms with Gasteiger partial charge in [-0.3, -0.25) is 9.97 Å². The van der Waals surface area contributed by atoms with Crippen LogP contribution >= 0.6 is 12.2 Å². The highest BCUT2D eigenvalue weighted by Gasteiger charge is 2.41. The second kappa shape index (κ2) is 7.12. The lowest BCUT2D eigenvalue weighted by molar-refractivity contribution is 0.307. The number of hydrogen-bond acceptors (Lipinski definition) is 3. The SMILES string of the molecule is Cc1cc([C@H]2[C@@H](c3ccccn3)NC(=S)N2Cc2ccccn2)c(C)n1C. The zero-order chi connectivity index (χ0) is 19.0. The fourth-order valence-corrected chi connectivity index (χ4v) is 4.07. The molecule has 0 radical (unpaired) electrons. The summed E-state index contributed by atoms with van der Waals surface area (Å²) in [6, 6.07) is 14.3. The van der Waals surface area contributed by atoms with Crippen LogP contribution < -0.4 is 5.32 Å². The van der Waals surface area contributed by atoms with E-state index in [9.17, 15) is 0 Å². The summed E-state index contributed by atoms with van der Waals surface area (Å²) in [5, 5.41) is 4.24. The fraction of sp³-hybridized carbons (Fsp3) is 0.286. The summed E-state index contributed by atoms with van der Waals surface area (Å²) < 4.78 is 2.23. The van der Waals surface area contributed by atoms with E-state index < -0.39 is 0 Å². The molecule has 1 N–H and O–H groups in total. The highest BCUT2D eigenvalue weighted by Crippen LogP contribution is 2.41. The topological polar surface area (TPSA) is 46.0 Å². The highest BCUT2D eigenvalue weighted by atomic mass is 32.1. The third kappa shape index (κ3) is 3.21. The minimum absolute atomic E-state index is 0.00270. The van der Waals surface area contributed by atoms with Gasteiger partial charge in [0.15, 0.2) is 5.11 Å². The van der Waals surface area contributed by atoms with Crippen molar-refractivity contribution in [2.45, 2.75) is 32.5 Å². The molecule has 6 heteroatoms. The van der Waals surface area contributed by atoms with Crippen molar-refractivity contribution in [1.82, 2.24) is 24.8 Å². The van der Waals surface area contributed by atoms with E-state index in [0.717, 1.165) is 16.5 Å². The molecule has 0 spiro atoms. The van der Waals surface area contributed by atoms with Gasteiger partial charge in [-0.05, 0) is 62.0 Å². The summed E-state index contributed by atoms with van der Waals surface area (Å²) in [7, 11) is 2.10. The molecule has 3 aromatic heterocycles. The zero-order valence-electron chi connectivity index (χ0n) is 15.8. The number of nitrogens with zero attached hydrogens (tertiary/aromatic N) is 4. The molecular weight excluding hydrogens is 354 g/mol. The van der Waals surface area contributed by atoms with Crippen molar-refractivity contribution in [2.24, 2.45) is 7.05 Å². The second-order valence-corrected chi connectivity index (χ2v) is 7.35. The molecule has 138 valence electrons. The molecule has 0 aliphatic carbocycles. The molecule has 2 atom stereocenters. The molecule has 4 heterocycles. The predicted molar refractivity (Wildman–Crippen MR) is 110 cm³/mol. The van der Waals surface area contributed by atoms with Gasteiger partial charge in [0.1, 0.15) is 0 Å². The molecule has 0 amide bonds. The lowest BCUT2D eigenvalue weighted by atomic mass is 9.96. The lowest BCUT2D eigenvalue weighted by Crippen LogP contribution is -2.29.